The Morgan fingerprint density at radius 2 is 1.94 bits per heavy atom. The molecule has 1 fully saturated rings. The summed E-state index contributed by atoms with van der Waals surface area (Å²) >= 11 is 0. The largest absolute Gasteiger partial charge is 0.480 e. The van der Waals surface area contributed by atoms with Crippen molar-refractivity contribution >= 4 is 12.0 Å². The maximum absolute atomic E-state index is 11.8. The molecule has 0 aromatic rings. The number of rotatable bonds is 4. The molecule has 3 N–H and O–H groups in total. The zero-order valence-electron chi connectivity index (χ0n) is 10.4. The molecule has 1 unspecified atom stereocenters. The van der Waals surface area contributed by atoms with Crippen LogP contribution >= 0.6 is 0 Å². The summed E-state index contributed by atoms with van der Waals surface area (Å²) in [4.78, 5) is 24.5. The van der Waals surface area contributed by atoms with Gasteiger partial charge in [-0.15, -0.1) is 0 Å². The second-order valence-corrected chi connectivity index (χ2v) is 4.71. The predicted molar refractivity (Wildman–Crippen MR) is 63.9 cm³/mol. The van der Waals surface area contributed by atoms with E-state index in [4.69, 9.17) is 5.11 Å². The number of amides is 2. The van der Waals surface area contributed by atoms with Crippen molar-refractivity contribution in [2.75, 3.05) is 26.2 Å². The second kappa shape index (κ2) is 6.44. The average Bonchev–Trinajstić information content (AvgIpc) is 2.28. The standard InChI is InChI=1S/C11H21N3O3/c1-8(2)7-9(10(15)16)13-11(17)14-5-3-12-4-6-14/h8-9,12H,3-7H2,1-2H3,(H,13,17)(H,15,16). The summed E-state index contributed by atoms with van der Waals surface area (Å²) in [5.74, 6) is -0.735. The zero-order valence-corrected chi connectivity index (χ0v) is 10.4. The van der Waals surface area contributed by atoms with E-state index in [-0.39, 0.29) is 11.9 Å². The van der Waals surface area contributed by atoms with Crippen molar-refractivity contribution in [3.63, 3.8) is 0 Å². The van der Waals surface area contributed by atoms with Crippen LogP contribution in [0, 0.1) is 5.92 Å². The van der Waals surface area contributed by atoms with Crippen LogP contribution in [0.2, 0.25) is 0 Å². The molecule has 1 aliphatic rings. The van der Waals surface area contributed by atoms with Crippen molar-refractivity contribution in [3.05, 3.63) is 0 Å². The molecule has 2 amide bonds. The average molecular weight is 243 g/mol. The van der Waals surface area contributed by atoms with Gasteiger partial charge in [0.1, 0.15) is 6.04 Å². The molecule has 1 aliphatic heterocycles. The monoisotopic (exact) mass is 243 g/mol. The molecule has 0 spiro atoms. The highest BCUT2D eigenvalue weighted by molar-refractivity contribution is 5.82. The van der Waals surface area contributed by atoms with Gasteiger partial charge in [0.05, 0.1) is 0 Å². The predicted octanol–water partition coefficient (Wildman–Crippen LogP) is 0.101. The van der Waals surface area contributed by atoms with Crippen molar-refractivity contribution in [2.24, 2.45) is 5.92 Å². The first-order valence-electron chi connectivity index (χ1n) is 5.99. The van der Waals surface area contributed by atoms with Gasteiger partial charge in [-0.3, -0.25) is 0 Å². The van der Waals surface area contributed by atoms with Gasteiger partial charge in [0.15, 0.2) is 0 Å². The molecule has 1 heterocycles. The number of hydrogen-bond acceptors (Lipinski definition) is 3. The minimum atomic E-state index is -0.970. The highest BCUT2D eigenvalue weighted by atomic mass is 16.4. The molecule has 0 bridgehead atoms. The van der Waals surface area contributed by atoms with Crippen molar-refractivity contribution in [2.45, 2.75) is 26.3 Å². The summed E-state index contributed by atoms with van der Waals surface area (Å²) in [6, 6.07) is -1.07. The van der Waals surface area contributed by atoms with E-state index in [1.165, 1.54) is 0 Å². The molecule has 0 aliphatic carbocycles. The second-order valence-electron chi connectivity index (χ2n) is 4.71. The highest BCUT2D eigenvalue weighted by Crippen LogP contribution is 2.06. The van der Waals surface area contributed by atoms with Gasteiger partial charge < -0.3 is 20.6 Å². The summed E-state index contributed by atoms with van der Waals surface area (Å²) in [6.45, 7) is 6.64. The van der Waals surface area contributed by atoms with E-state index >= 15 is 0 Å². The molecule has 6 heteroatoms. The Bertz CT molecular complexity index is 275. The van der Waals surface area contributed by atoms with Crippen LogP contribution in [0.5, 0.6) is 0 Å². The van der Waals surface area contributed by atoms with E-state index in [9.17, 15) is 9.59 Å². The Hall–Kier alpha value is -1.30. The Morgan fingerprint density at radius 1 is 1.35 bits per heavy atom. The molecule has 0 aromatic heterocycles. The lowest BCUT2D eigenvalue weighted by molar-refractivity contribution is -0.139. The van der Waals surface area contributed by atoms with Gasteiger partial charge >= 0.3 is 12.0 Å². The lowest BCUT2D eigenvalue weighted by Crippen LogP contribution is -2.53. The lowest BCUT2D eigenvalue weighted by atomic mass is 10.0. The maximum atomic E-state index is 11.8. The van der Waals surface area contributed by atoms with Crippen LogP contribution in [0.4, 0.5) is 4.79 Å². The smallest absolute Gasteiger partial charge is 0.326 e. The zero-order chi connectivity index (χ0) is 12.8. The number of carbonyl (C=O) groups is 2. The molecule has 1 atom stereocenters. The van der Waals surface area contributed by atoms with Gasteiger partial charge in [0.25, 0.3) is 0 Å². The summed E-state index contributed by atoms with van der Waals surface area (Å²) < 4.78 is 0. The van der Waals surface area contributed by atoms with E-state index in [2.05, 4.69) is 10.6 Å². The van der Waals surface area contributed by atoms with E-state index in [1.54, 1.807) is 4.90 Å². The number of nitrogens with one attached hydrogen (secondary N) is 2. The van der Waals surface area contributed by atoms with Gasteiger partial charge in [-0.25, -0.2) is 9.59 Å². The number of aliphatic carboxylic acids is 1. The molecule has 0 saturated carbocycles. The summed E-state index contributed by atoms with van der Waals surface area (Å²) in [6.07, 6.45) is 0.452. The lowest BCUT2D eigenvalue weighted by Gasteiger charge is -2.29. The van der Waals surface area contributed by atoms with Crippen LogP contribution in [-0.4, -0.2) is 54.2 Å². The van der Waals surface area contributed by atoms with Crippen LogP contribution in [0.15, 0.2) is 0 Å². The van der Waals surface area contributed by atoms with Gasteiger partial charge in [-0.1, -0.05) is 13.8 Å². The van der Waals surface area contributed by atoms with E-state index < -0.39 is 12.0 Å². The fraction of sp³-hybridized carbons (Fsp3) is 0.818. The molecule has 0 radical (unpaired) electrons. The van der Waals surface area contributed by atoms with Crippen LogP contribution in [0.3, 0.4) is 0 Å². The Balaban J connectivity index is 2.47. The number of hydrogen-bond donors (Lipinski definition) is 3. The Morgan fingerprint density at radius 3 is 2.41 bits per heavy atom. The van der Waals surface area contributed by atoms with Gasteiger partial charge in [-0.2, -0.15) is 0 Å². The number of piperazine rings is 1. The molecule has 17 heavy (non-hydrogen) atoms. The maximum Gasteiger partial charge on any atom is 0.326 e. The molecule has 1 rings (SSSR count). The van der Waals surface area contributed by atoms with Crippen LogP contribution in [0.25, 0.3) is 0 Å². The van der Waals surface area contributed by atoms with E-state index in [1.807, 2.05) is 13.8 Å². The fourth-order valence-electron chi connectivity index (χ4n) is 1.80. The van der Waals surface area contributed by atoms with Gasteiger partial charge in [0.2, 0.25) is 0 Å². The molecular weight excluding hydrogens is 222 g/mol. The Labute approximate surface area is 101 Å². The summed E-state index contributed by atoms with van der Waals surface area (Å²) in [5, 5.41) is 14.7. The quantitative estimate of drug-likeness (QED) is 0.654. The number of carbonyl (C=O) groups excluding carboxylic acids is 1. The number of nitrogens with zero attached hydrogens (tertiary/aromatic N) is 1. The highest BCUT2D eigenvalue weighted by Gasteiger charge is 2.24. The fourth-order valence-corrected chi connectivity index (χ4v) is 1.80. The molecule has 98 valence electrons. The molecule has 1 saturated heterocycles. The first-order valence-corrected chi connectivity index (χ1v) is 5.99. The number of urea groups is 1. The van der Waals surface area contributed by atoms with Gasteiger partial charge in [0, 0.05) is 26.2 Å². The molecular formula is C11H21N3O3. The van der Waals surface area contributed by atoms with Crippen LogP contribution in [0.1, 0.15) is 20.3 Å². The third-order valence-electron chi connectivity index (χ3n) is 2.71. The molecule has 0 aromatic carbocycles. The topological polar surface area (TPSA) is 81.7 Å². The van der Waals surface area contributed by atoms with E-state index in [0.717, 1.165) is 13.1 Å². The first kappa shape index (κ1) is 13.8. The summed E-state index contributed by atoms with van der Waals surface area (Å²) in [5.41, 5.74) is 0. The third kappa shape index (κ3) is 4.60. The number of carboxylic acid groups (broad SMARTS) is 1. The number of carboxylic acids is 1. The van der Waals surface area contributed by atoms with Gasteiger partial charge in [-0.05, 0) is 12.3 Å². The summed E-state index contributed by atoms with van der Waals surface area (Å²) in [7, 11) is 0. The minimum Gasteiger partial charge on any atom is -0.480 e. The van der Waals surface area contributed by atoms with E-state index in [0.29, 0.717) is 19.5 Å². The van der Waals surface area contributed by atoms with Crippen molar-refractivity contribution in [1.29, 1.82) is 0 Å². The van der Waals surface area contributed by atoms with Crippen molar-refractivity contribution < 1.29 is 14.7 Å². The van der Waals surface area contributed by atoms with Crippen LogP contribution in [-0.2, 0) is 4.79 Å². The van der Waals surface area contributed by atoms with Crippen molar-refractivity contribution in [1.82, 2.24) is 15.5 Å². The Kier molecular flexibility index (Phi) is 5.21. The minimum absolute atomic E-state index is 0.236. The van der Waals surface area contributed by atoms with Crippen molar-refractivity contribution in [3.8, 4) is 0 Å². The first-order chi connectivity index (χ1) is 8.00. The third-order valence-corrected chi connectivity index (χ3v) is 2.71. The SMILES string of the molecule is CC(C)CC(NC(=O)N1CCNCC1)C(=O)O. The molecule has 6 nitrogen and oxygen atoms in total. The normalized spacial score (nSPS) is 17.9. The van der Waals surface area contributed by atoms with Crippen LogP contribution < -0.4 is 10.6 Å².